The number of hydrogen-bond donors (Lipinski definition) is 0. The molecule has 0 radical (unpaired) electrons. The minimum absolute atomic E-state index is 0.683. The van der Waals surface area contributed by atoms with Crippen molar-refractivity contribution >= 4 is 21.5 Å². The summed E-state index contributed by atoms with van der Waals surface area (Å²) < 4.78 is 0. The number of fused-ring (bicyclic) bond motifs is 2. The van der Waals surface area contributed by atoms with Crippen molar-refractivity contribution in [1.29, 1.82) is 0 Å². The Kier molecular flexibility index (Phi) is 3.35. The zero-order valence-corrected chi connectivity index (χ0v) is 13.7. The maximum absolute atomic E-state index is 4.49. The van der Waals surface area contributed by atoms with Crippen LogP contribution in [-0.2, 0) is 0 Å². The first-order valence-corrected chi connectivity index (χ1v) is 8.26. The quantitative estimate of drug-likeness (QED) is 0.450. The van der Waals surface area contributed by atoms with E-state index in [1.54, 1.807) is 31.0 Å². The highest BCUT2D eigenvalue weighted by atomic mass is 14.9. The van der Waals surface area contributed by atoms with Crippen molar-refractivity contribution in [2.24, 2.45) is 0 Å². The van der Waals surface area contributed by atoms with E-state index < -0.39 is 0 Å². The van der Waals surface area contributed by atoms with Gasteiger partial charge in [0.1, 0.15) is 0 Å². The Morgan fingerprint density at radius 1 is 0.462 bits per heavy atom. The Morgan fingerprint density at radius 3 is 1.54 bits per heavy atom. The first-order chi connectivity index (χ1) is 12.9. The maximum Gasteiger partial charge on any atom is 0.160 e. The molecule has 0 saturated heterocycles. The van der Waals surface area contributed by atoms with E-state index in [1.165, 1.54) is 0 Å². The van der Waals surface area contributed by atoms with E-state index in [0.29, 0.717) is 11.6 Å². The van der Waals surface area contributed by atoms with E-state index in [0.717, 1.165) is 32.7 Å². The van der Waals surface area contributed by atoms with Crippen LogP contribution >= 0.6 is 0 Å². The predicted octanol–water partition coefficient (Wildman–Crippen LogP) is 4.30. The van der Waals surface area contributed by atoms with Crippen molar-refractivity contribution in [3.8, 4) is 22.8 Å². The second-order valence-corrected chi connectivity index (χ2v) is 5.86. The Labute approximate surface area is 149 Å². The van der Waals surface area contributed by atoms with Gasteiger partial charge in [0.25, 0.3) is 0 Å². The Balaban J connectivity index is 2.02. The van der Waals surface area contributed by atoms with Crippen molar-refractivity contribution in [1.82, 2.24) is 24.9 Å². The van der Waals surface area contributed by atoms with Gasteiger partial charge in [-0.15, -0.1) is 0 Å². The molecule has 5 rings (SSSR count). The summed E-state index contributed by atoms with van der Waals surface area (Å²) in [7, 11) is 0. The van der Waals surface area contributed by atoms with Gasteiger partial charge in [0, 0.05) is 53.7 Å². The molecule has 0 unspecified atom stereocenters. The van der Waals surface area contributed by atoms with Crippen LogP contribution in [0.25, 0.3) is 44.3 Å². The van der Waals surface area contributed by atoms with E-state index in [4.69, 9.17) is 0 Å². The standard InChI is InChI=1S/C21H13N5/c1-2-6-15-14(5-1)18(20-23-8-3-9-24-20)16-7-12-22-13-17(16)19(15)21-25-10-4-11-26-21/h1-13H. The summed E-state index contributed by atoms with van der Waals surface area (Å²) in [4.78, 5) is 22.3. The van der Waals surface area contributed by atoms with Crippen LogP contribution in [0.5, 0.6) is 0 Å². The average molecular weight is 335 g/mol. The third-order valence-corrected chi connectivity index (χ3v) is 4.40. The number of pyridine rings is 1. The number of hydrogen-bond acceptors (Lipinski definition) is 5. The predicted molar refractivity (Wildman–Crippen MR) is 101 cm³/mol. The molecular weight excluding hydrogens is 322 g/mol. The highest BCUT2D eigenvalue weighted by Crippen LogP contribution is 2.40. The van der Waals surface area contributed by atoms with Crippen LogP contribution in [-0.4, -0.2) is 24.9 Å². The molecule has 0 aliphatic carbocycles. The molecule has 5 heteroatoms. The summed E-state index contributed by atoms with van der Waals surface area (Å²) in [5.74, 6) is 1.38. The van der Waals surface area contributed by atoms with Crippen molar-refractivity contribution in [2.45, 2.75) is 0 Å². The van der Waals surface area contributed by atoms with Gasteiger partial charge in [-0.3, -0.25) is 4.98 Å². The van der Waals surface area contributed by atoms with Gasteiger partial charge in [-0.2, -0.15) is 0 Å². The third kappa shape index (κ3) is 2.22. The highest BCUT2D eigenvalue weighted by Gasteiger charge is 2.18. The lowest BCUT2D eigenvalue weighted by Gasteiger charge is -2.14. The third-order valence-electron chi connectivity index (χ3n) is 4.40. The molecule has 0 amide bonds. The monoisotopic (exact) mass is 335 g/mol. The molecule has 0 aliphatic rings. The van der Waals surface area contributed by atoms with Gasteiger partial charge in [0.2, 0.25) is 0 Å². The Morgan fingerprint density at radius 2 is 0.962 bits per heavy atom. The molecule has 0 N–H and O–H groups in total. The molecule has 0 atom stereocenters. The fourth-order valence-corrected chi connectivity index (χ4v) is 3.36. The van der Waals surface area contributed by atoms with Crippen LogP contribution in [0, 0.1) is 0 Å². The number of rotatable bonds is 2. The summed E-state index contributed by atoms with van der Waals surface area (Å²) in [6.45, 7) is 0. The normalized spacial score (nSPS) is 11.1. The van der Waals surface area contributed by atoms with Gasteiger partial charge in [0.15, 0.2) is 11.6 Å². The molecule has 3 heterocycles. The molecule has 5 nitrogen and oxygen atoms in total. The van der Waals surface area contributed by atoms with Crippen molar-refractivity contribution in [3.63, 3.8) is 0 Å². The topological polar surface area (TPSA) is 64.5 Å². The summed E-state index contributed by atoms with van der Waals surface area (Å²) in [6.07, 6.45) is 10.7. The first kappa shape index (κ1) is 14.6. The summed E-state index contributed by atoms with van der Waals surface area (Å²) >= 11 is 0. The first-order valence-electron chi connectivity index (χ1n) is 8.26. The SMILES string of the molecule is c1cnc(-c2c3ccccc3c(-c3ncccn3)c3cnccc23)nc1. The second-order valence-electron chi connectivity index (χ2n) is 5.86. The number of nitrogens with zero attached hydrogens (tertiary/aromatic N) is 5. The lowest BCUT2D eigenvalue weighted by Crippen LogP contribution is -1.96. The van der Waals surface area contributed by atoms with Gasteiger partial charge in [-0.1, -0.05) is 24.3 Å². The molecule has 3 aromatic heterocycles. The average Bonchev–Trinajstić information content (AvgIpc) is 2.73. The highest BCUT2D eigenvalue weighted by molar-refractivity contribution is 6.19. The summed E-state index contributed by atoms with van der Waals surface area (Å²) in [5, 5.41) is 4.15. The molecule has 0 bridgehead atoms. The van der Waals surface area contributed by atoms with Crippen LogP contribution in [0.3, 0.4) is 0 Å². The molecule has 0 fully saturated rings. The van der Waals surface area contributed by atoms with Crippen LogP contribution < -0.4 is 0 Å². The molecule has 0 spiro atoms. The second kappa shape index (κ2) is 5.97. The van der Waals surface area contributed by atoms with Gasteiger partial charge < -0.3 is 0 Å². The van der Waals surface area contributed by atoms with E-state index in [9.17, 15) is 0 Å². The van der Waals surface area contributed by atoms with Crippen LogP contribution in [0.4, 0.5) is 0 Å². The summed E-state index contributed by atoms with van der Waals surface area (Å²) in [5.41, 5.74) is 1.97. The largest absolute Gasteiger partial charge is 0.264 e. The lowest BCUT2D eigenvalue weighted by atomic mass is 9.92. The van der Waals surface area contributed by atoms with E-state index in [1.807, 2.05) is 36.5 Å². The van der Waals surface area contributed by atoms with Crippen LogP contribution in [0.1, 0.15) is 0 Å². The minimum Gasteiger partial charge on any atom is -0.264 e. The molecule has 2 aromatic carbocycles. The maximum atomic E-state index is 4.49. The molecule has 122 valence electrons. The molecule has 0 saturated carbocycles. The van der Waals surface area contributed by atoms with E-state index in [2.05, 4.69) is 37.1 Å². The van der Waals surface area contributed by atoms with Gasteiger partial charge in [0.05, 0.1) is 0 Å². The minimum atomic E-state index is 0.683. The van der Waals surface area contributed by atoms with Gasteiger partial charge >= 0.3 is 0 Å². The Bertz CT molecular complexity index is 1070. The molecule has 0 aliphatic heterocycles. The Hall–Kier alpha value is -3.73. The lowest BCUT2D eigenvalue weighted by molar-refractivity contribution is 1.18. The zero-order valence-electron chi connectivity index (χ0n) is 13.7. The molecular formula is C21H13N5. The van der Waals surface area contributed by atoms with Crippen molar-refractivity contribution < 1.29 is 0 Å². The van der Waals surface area contributed by atoms with Crippen molar-refractivity contribution in [2.75, 3.05) is 0 Å². The van der Waals surface area contributed by atoms with Crippen LogP contribution in [0.15, 0.2) is 79.6 Å². The number of aromatic nitrogens is 5. The van der Waals surface area contributed by atoms with Gasteiger partial charge in [-0.25, -0.2) is 19.9 Å². The van der Waals surface area contributed by atoms with Gasteiger partial charge in [-0.05, 0) is 34.4 Å². The van der Waals surface area contributed by atoms with E-state index >= 15 is 0 Å². The van der Waals surface area contributed by atoms with Crippen LogP contribution in [0.2, 0.25) is 0 Å². The molecule has 5 aromatic rings. The molecule has 26 heavy (non-hydrogen) atoms. The number of benzene rings is 2. The zero-order chi connectivity index (χ0) is 17.3. The van der Waals surface area contributed by atoms with E-state index in [-0.39, 0.29) is 0 Å². The van der Waals surface area contributed by atoms with Crippen molar-refractivity contribution in [3.05, 3.63) is 79.6 Å². The smallest absolute Gasteiger partial charge is 0.160 e. The fourth-order valence-electron chi connectivity index (χ4n) is 3.36. The summed E-state index contributed by atoms with van der Waals surface area (Å²) in [6, 6.07) is 13.9. The fraction of sp³-hybridized carbons (Fsp3) is 0.